The van der Waals surface area contributed by atoms with Crippen molar-refractivity contribution >= 4 is 51.5 Å². The zero-order valence-electron chi connectivity index (χ0n) is 12.5. The number of aromatic nitrogens is 1. The summed E-state index contributed by atoms with van der Waals surface area (Å²) in [6.45, 7) is 0. The van der Waals surface area contributed by atoms with E-state index >= 15 is 0 Å². The maximum absolute atomic E-state index is 12.4. The van der Waals surface area contributed by atoms with Crippen molar-refractivity contribution in [1.82, 2.24) is 9.99 Å². The second kappa shape index (κ2) is 6.15. The number of nitrogens with zero attached hydrogens (tertiary/aromatic N) is 2. The van der Waals surface area contributed by atoms with E-state index in [0.717, 1.165) is 10.6 Å². The molecule has 0 fully saturated rings. The van der Waals surface area contributed by atoms with Crippen molar-refractivity contribution in [3.63, 3.8) is 0 Å². The number of carbonyl (C=O) groups excluding carboxylic acids is 2. The third-order valence-electron chi connectivity index (χ3n) is 3.71. The van der Waals surface area contributed by atoms with Gasteiger partial charge in [-0.1, -0.05) is 35.3 Å². The monoisotopic (exact) mass is 389 g/mol. The first kappa shape index (κ1) is 16.1. The summed E-state index contributed by atoms with van der Waals surface area (Å²) in [5, 5.41) is 4.18. The lowest BCUT2D eigenvalue weighted by Gasteiger charge is -2.13. The van der Waals surface area contributed by atoms with Gasteiger partial charge in [-0.15, -0.1) is 11.3 Å². The van der Waals surface area contributed by atoms with Gasteiger partial charge in [-0.25, -0.2) is 4.98 Å². The van der Waals surface area contributed by atoms with E-state index in [-0.39, 0.29) is 0 Å². The number of benzene rings is 2. The summed E-state index contributed by atoms with van der Waals surface area (Å²) >= 11 is 13.4. The van der Waals surface area contributed by atoms with Crippen molar-refractivity contribution in [1.29, 1.82) is 0 Å². The summed E-state index contributed by atoms with van der Waals surface area (Å²) in [6, 6.07) is 11.8. The molecule has 3 aromatic rings. The number of hydrogen-bond acceptors (Lipinski definition) is 5. The molecule has 2 amide bonds. The number of rotatable bonds is 3. The zero-order chi connectivity index (χ0) is 17.6. The summed E-state index contributed by atoms with van der Waals surface area (Å²) in [7, 11) is 0. The van der Waals surface area contributed by atoms with Gasteiger partial charge in [-0.2, -0.15) is 5.01 Å². The number of carbonyl (C=O) groups is 2. The van der Waals surface area contributed by atoms with Crippen LogP contribution < -0.4 is 5.43 Å². The maximum Gasteiger partial charge on any atom is 0.280 e. The van der Waals surface area contributed by atoms with Crippen LogP contribution in [0, 0.1) is 0 Å². The first-order valence-corrected chi connectivity index (χ1v) is 8.83. The quantitative estimate of drug-likeness (QED) is 0.657. The number of fused-ring (bicyclic) bond motifs is 1. The lowest BCUT2D eigenvalue weighted by Crippen LogP contribution is -2.35. The second-order valence-electron chi connectivity index (χ2n) is 5.27. The van der Waals surface area contributed by atoms with Crippen molar-refractivity contribution in [2.24, 2.45) is 0 Å². The van der Waals surface area contributed by atoms with Gasteiger partial charge in [0.15, 0.2) is 0 Å². The Balaban J connectivity index is 1.60. The lowest BCUT2D eigenvalue weighted by atomic mass is 10.1. The number of hydrogen-bond donors (Lipinski definition) is 1. The Bertz CT molecular complexity index is 984. The SMILES string of the molecule is O=C1c2ccccc2C(=O)N1Nc1nc(-c2ccc(Cl)cc2Cl)cs1. The molecule has 2 aromatic carbocycles. The van der Waals surface area contributed by atoms with Gasteiger partial charge in [0.1, 0.15) is 0 Å². The molecule has 0 unspecified atom stereocenters. The highest BCUT2D eigenvalue weighted by atomic mass is 35.5. The van der Waals surface area contributed by atoms with E-state index in [1.54, 1.807) is 47.8 Å². The molecule has 0 bridgehead atoms. The molecule has 0 radical (unpaired) electrons. The van der Waals surface area contributed by atoms with Gasteiger partial charge in [-0.3, -0.25) is 15.0 Å². The topological polar surface area (TPSA) is 62.3 Å². The summed E-state index contributed by atoms with van der Waals surface area (Å²) in [5.41, 5.74) is 4.88. The Hall–Kier alpha value is -2.41. The molecule has 8 heteroatoms. The van der Waals surface area contributed by atoms with Crippen molar-refractivity contribution < 1.29 is 9.59 Å². The molecule has 25 heavy (non-hydrogen) atoms. The second-order valence-corrected chi connectivity index (χ2v) is 6.97. The van der Waals surface area contributed by atoms with E-state index in [4.69, 9.17) is 23.2 Å². The molecule has 0 saturated carbocycles. The molecule has 0 aliphatic carbocycles. The number of amides is 2. The number of nitrogens with one attached hydrogen (secondary N) is 1. The Morgan fingerprint density at radius 1 is 0.960 bits per heavy atom. The molecule has 124 valence electrons. The van der Waals surface area contributed by atoms with Gasteiger partial charge in [0.2, 0.25) is 5.13 Å². The summed E-state index contributed by atoms with van der Waals surface area (Å²) in [6.07, 6.45) is 0. The van der Waals surface area contributed by atoms with Crippen LogP contribution >= 0.6 is 34.5 Å². The first-order chi connectivity index (χ1) is 12.0. The van der Waals surface area contributed by atoms with Gasteiger partial charge in [0.25, 0.3) is 11.8 Å². The fourth-order valence-corrected chi connectivity index (χ4v) is 3.74. The minimum atomic E-state index is -0.401. The van der Waals surface area contributed by atoms with Gasteiger partial charge in [-0.05, 0) is 30.3 Å². The maximum atomic E-state index is 12.4. The van der Waals surface area contributed by atoms with E-state index in [9.17, 15) is 9.59 Å². The average Bonchev–Trinajstić information content (AvgIpc) is 3.15. The third kappa shape index (κ3) is 2.78. The minimum absolute atomic E-state index is 0.373. The average molecular weight is 390 g/mol. The summed E-state index contributed by atoms with van der Waals surface area (Å²) in [5.74, 6) is -0.802. The predicted molar refractivity (Wildman–Crippen MR) is 98.1 cm³/mol. The lowest BCUT2D eigenvalue weighted by molar-refractivity contribution is 0.0691. The largest absolute Gasteiger partial charge is 0.280 e. The number of hydrazine groups is 1. The minimum Gasteiger partial charge on any atom is -0.267 e. The smallest absolute Gasteiger partial charge is 0.267 e. The first-order valence-electron chi connectivity index (χ1n) is 7.20. The molecule has 0 saturated heterocycles. The molecule has 0 spiro atoms. The fraction of sp³-hybridized carbons (Fsp3) is 0. The van der Waals surface area contributed by atoms with Crippen LogP contribution in [-0.2, 0) is 0 Å². The van der Waals surface area contributed by atoms with Crippen LogP contribution in [0.5, 0.6) is 0 Å². The molecule has 5 nitrogen and oxygen atoms in total. The third-order valence-corrected chi connectivity index (χ3v) is 5.01. The molecule has 1 aromatic heterocycles. The van der Waals surface area contributed by atoms with E-state index in [2.05, 4.69) is 10.4 Å². The van der Waals surface area contributed by atoms with Crippen molar-refractivity contribution in [2.45, 2.75) is 0 Å². The van der Waals surface area contributed by atoms with Crippen molar-refractivity contribution in [2.75, 3.05) is 5.43 Å². The van der Waals surface area contributed by atoms with E-state index in [0.29, 0.717) is 32.0 Å². The molecule has 4 rings (SSSR count). The normalized spacial score (nSPS) is 13.3. The highest BCUT2D eigenvalue weighted by Crippen LogP contribution is 2.33. The molecule has 0 atom stereocenters. The predicted octanol–water partition coefficient (Wildman–Crippen LogP) is 4.74. The number of imide groups is 1. The van der Waals surface area contributed by atoms with Crippen LogP contribution in [0.2, 0.25) is 10.0 Å². The molecular weight excluding hydrogens is 381 g/mol. The fourth-order valence-electron chi connectivity index (χ4n) is 2.53. The molecule has 1 N–H and O–H groups in total. The van der Waals surface area contributed by atoms with Crippen LogP contribution in [0.15, 0.2) is 47.8 Å². The Kier molecular flexibility index (Phi) is 3.95. The molecule has 1 aliphatic heterocycles. The molecular formula is C17H9Cl2N3O2S. The van der Waals surface area contributed by atoms with Crippen LogP contribution in [0.3, 0.4) is 0 Å². The highest BCUT2D eigenvalue weighted by molar-refractivity contribution is 7.14. The number of anilines is 1. The number of thiazole rings is 1. The van der Waals surface area contributed by atoms with Gasteiger partial charge >= 0.3 is 0 Å². The highest BCUT2D eigenvalue weighted by Gasteiger charge is 2.36. The Morgan fingerprint density at radius 2 is 1.64 bits per heavy atom. The Labute approximate surface area is 156 Å². The van der Waals surface area contributed by atoms with Gasteiger partial charge in [0, 0.05) is 16.0 Å². The van der Waals surface area contributed by atoms with Crippen molar-refractivity contribution in [3.05, 3.63) is 69.0 Å². The Morgan fingerprint density at radius 3 is 2.28 bits per heavy atom. The van der Waals surface area contributed by atoms with Crippen molar-refractivity contribution in [3.8, 4) is 11.3 Å². The van der Waals surface area contributed by atoms with E-state index in [1.165, 1.54) is 11.3 Å². The van der Waals surface area contributed by atoms with Gasteiger partial charge < -0.3 is 0 Å². The van der Waals surface area contributed by atoms with Crippen LogP contribution in [0.1, 0.15) is 20.7 Å². The molecule has 2 heterocycles. The summed E-state index contributed by atoms with van der Waals surface area (Å²) in [4.78, 5) is 29.1. The van der Waals surface area contributed by atoms with Crippen LogP contribution in [-0.4, -0.2) is 21.8 Å². The van der Waals surface area contributed by atoms with Gasteiger partial charge in [0.05, 0.1) is 21.8 Å². The number of halogens is 2. The zero-order valence-corrected chi connectivity index (χ0v) is 14.8. The van der Waals surface area contributed by atoms with Crippen LogP contribution in [0.25, 0.3) is 11.3 Å². The molecule has 1 aliphatic rings. The summed E-state index contributed by atoms with van der Waals surface area (Å²) < 4.78 is 0. The van der Waals surface area contributed by atoms with Crippen LogP contribution in [0.4, 0.5) is 5.13 Å². The van der Waals surface area contributed by atoms with E-state index < -0.39 is 11.8 Å². The standard InChI is InChI=1S/C17H9Cl2N3O2S/c18-9-5-6-12(13(19)7-9)14-8-25-17(20-14)21-22-15(23)10-3-1-2-4-11(10)16(22)24/h1-8H,(H,20,21). The van der Waals surface area contributed by atoms with E-state index in [1.807, 2.05) is 0 Å².